The van der Waals surface area contributed by atoms with E-state index in [0.717, 1.165) is 44.8 Å². The van der Waals surface area contributed by atoms with Gasteiger partial charge in [0, 0.05) is 45.6 Å². The number of ether oxygens (including phenoxy) is 1. The van der Waals surface area contributed by atoms with Crippen LogP contribution in [0.4, 0.5) is 0 Å². The van der Waals surface area contributed by atoms with E-state index >= 15 is 0 Å². The number of hydrogen-bond donors (Lipinski definition) is 1. The third-order valence-electron chi connectivity index (χ3n) is 3.62. The van der Waals surface area contributed by atoms with Gasteiger partial charge in [0.05, 0.1) is 13.2 Å². The van der Waals surface area contributed by atoms with Crippen molar-refractivity contribution in [3.05, 3.63) is 18.2 Å². The van der Waals surface area contributed by atoms with Gasteiger partial charge in [-0.15, -0.1) is 0 Å². The molecule has 0 radical (unpaired) electrons. The summed E-state index contributed by atoms with van der Waals surface area (Å²) in [6, 6.07) is 0.267. The SMILES string of the molecule is COCCn1ccnc1CN1CCC[C@@H](NC(C)=O)C1. The number of nitrogens with one attached hydrogen (secondary N) is 1. The Hall–Kier alpha value is -1.40. The summed E-state index contributed by atoms with van der Waals surface area (Å²) in [5, 5.41) is 3.01. The van der Waals surface area contributed by atoms with E-state index in [9.17, 15) is 4.79 Å². The predicted molar refractivity (Wildman–Crippen MR) is 76.2 cm³/mol. The highest BCUT2D eigenvalue weighted by Gasteiger charge is 2.21. The van der Waals surface area contributed by atoms with E-state index in [2.05, 4.69) is 19.8 Å². The van der Waals surface area contributed by atoms with Crippen LogP contribution in [0.2, 0.25) is 0 Å². The van der Waals surface area contributed by atoms with Gasteiger partial charge >= 0.3 is 0 Å². The van der Waals surface area contributed by atoms with Crippen LogP contribution in [-0.4, -0.2) is 53.2 Å². The number of piperidine rings is 1. The molecule has 0 bridgehead atoms. The molecule has 1 saturated heterocycles. The summed E-state index contributed by atoms with van der Waals surface area (Å²) in [5.41, 5.74) is 0. The Kier molecular flexibility index (Phi) is 5.55. The van der Waals surface area contributed by atoms with Crippen molar-refractivity contribution in [2.45, 2.75) is 38.9 Å². The Balaban J connectivity index is 1.89. The molecule has 1 atom stereocenters. The van der Waals surface area contributed by atoms with Crippen LogP contribution in [0.1, 0.15) is 25.6 Å². The van der Waals surface area contributed by atoms with Gasteiger partial charge in [-0.3, -0.25) is 9.69 Å². The van der Waals surface area contributed by atoms with Gasteiger partial charge in [0.1, 0.15) is 5.82 Å². The highest BCUT2D eigenvalue weighted by Crippen LogP contribution is 2.13. The number of carbonyl (C=O) groups is 1. The topological polar surface area (TPSA) is 59.4 Å². The minimum Gasteiger partial charge on any atom is -0.383 e. The number of hydrogen-bond acceptors (Lipinski definition) is 4. The number of methoxy groups -OCH3 is 1. The second kappa shape index (κ2) is 7.40. The summed E-state index contributed by atoms with van der Waals surface area (Å²) in [5.74, 6) is 1.11. The van der Waals surface area contributed by atoms with E-state index in [4.69, 9.17) is 4.74 Å². The molecule has 20 heavy (non-hydrogen) atoms. The van der Waals surface area contributed by atoms with Crippen molar-refractivity contribution >= 4 is 5.91 Å². The van der Waals surface area contributed by atoms with Crippen molar-refractivity contribution < 1.29 is 9.53 Å². The smallest absolute Gasteiger partial charge is 0.217 e. The molecule has 0 aromatic carbocycles. The van der Waals surface area contributed by atoms with E-state index in [1.54, 1.807) is 14.0 Å². The van der Waals surface area contributed by atoms with Gasteiger partial charge in [-0.2, -0.15) is 0 Å². The van der Waals surface area contributed by atoms with Crippen LogP contribution in [0.5, 0.6) is 0 Å². The Labute approximate surface area is 120 Å². The van der Waals surface area contributed by atoms with Crippen LogP contribution in [0, 0.1) is 0 Å². The number of imidazole rings is 1. The molecule has 1 fully saturated rings. The molecule has 112 valence electrons. The lowest BCUT2D eigenvalue weighted by molar-refractivity contribution is -0.120. The van der Waals surface area contributed by atoms with Gasteiger partial charge in [0.25, 0.3) is 0 Å². The zero-order chi connectivity index (χ0) is 14.4. The highest BCUT2D eigenvalue weighted by molar-refractivity contribution is 5.73. The number of likely N-dealkylation sites (tertiary alicyclic amines) is 1. The molecule has 0 unspecified atom stereocenters. The second-order valence-corrected chi connectivity index (χ2v) is 5.30. The Bertz CT molecular complexity index is 433. The van der Waals surface area contributed by atoms with E-state index < -0.39 is 0 Å². The van der Waals surface area contributed by atoms with Crippen LogP contribution < -0.4 is 5.32 Å². The van der Waals surface area contributed by atoms with Gasteiger partial charge in [-0.25, -0.2) is 4.98 Å². The van der Waals surface area contributed by atoms with Crippen LogP contribution in [0.15, 0.2) is 12.4 Å². The van der Waals surface area contributed by atoms with Crippen molar-refractivity contribution in [2.24, 2.45) is 0 Å². The molecule has 1 aromatic heterocycles. The summed E-state index contributed by atoms with van der Waals surface area (Å²) in [6.07, 6.45) is 6.00. The first-order chi connectivity index (χ1) is 9.69. The molecule has 6 heteroatoms. The van der Waals surface area contributed by atoms with Crippen molar-refractivity contribution in [3.63, 3.8) is 0 Å². The van der Waals surface area contributed by atoms with Crippen molar-refractivity contribution in [1.29, 1.82) is 0 Å². The first-order valence-corrected chi connectivity index (χ1v) is 7.17. The van der Waals surface area contributed by atoms with E-state index in [1.807, 2.05) is 12.4 Å². The summed E-state index contributed by atoms with van der Waals surface area (Å²) < 4.78 is 7.24. The first-order valence-electron chi connectivity index (χ1n) is 7.17. The summed E-state index contributed by atoms with van der Waals surface area (Å²) >= 11 is 0. The average molecular weight is 280 g/mol. The van der Waals surface area contributed by atoms with Gasteiger partial charge in [-0.1, -0.05) is 0 Å². The summed E-state index contributed by atoms with van der Waals surface area (Å²) in [4.78, 5) is 17.9. The number of carbonyl (C=O) groups excluding carboxylic acids is 1. The second-order valence-electron chi connectivity index (χ2n) is 5.30. The standard InChI is InChI=1S/C14H24N4O2/c1-12(19)16-13-4-3-6-17(10-13)11-14-15-5-7-18(14)8-9-20-2/h5,7,13H,3-4,6,8-11H2,1-2H3,(H,16,19)/t13-/m1/s1. The van der Waals surface area contributed by atoms with Crippen molar-refractivity contribution in [1.82, 2.24) is 19.8 Å². The lowest BCUT2D eigenvalue weighted by Crippen LogP contribution is -2.47. The summed E-state index contributed by atoms with van der Waals surface area (Å²) in [6.45, 7) is 5.89. The molecule has 0 saturated carbocycles. The van der Waals surface area contributed by atoms with Crippen LogP contribution in [0.3, 0.4) is 0 Å². The van der Waals surface area contributed by atoms with Crippen LogP contribution in [0.25, 0.3) is 0 Å². The maximum Gasteiger partial charge on any atom is 0.217 e. The molecule has 1 aliphatic heterocycles. The maximum absolute atomic E-state index is 11.1. The fraction of sp³-hybridized carbons (Fsp3) is 0.714. The lowest BCUT2D eigenvalue weighted by Gasteiger charge is -2.32. The minimum atomic E-state index is 0.0541. The molecule has 1 N–H and O–H groups in total. The minimum absolute atomic E-state index is 0.0541. The molecular formula is C14H24N4O2. The Morgan fingerprint density at radius 2 is 2.45 bits per heavy atom. The van der Waals surface area contributed by atoms with Gasteiger partial charge < -0.3 is 14.6 Å². The molecule has 1 aliphatic rings. The third-order valence-corrected chi connectivity index (χ3v) is 3.62. The number of amides is 1. The van der Waals surface area contributed by atoms with Crippen LogP contribution >= 0.6 is 0 Å². The maximum atomic E-state index is 11.1. The molecule has 1 aromatic rings. The third kappa shape index (κ3) is 4.31. The summed E-state index contributed by atoms with van der Waals surface area (Å²) in [7, 11) is 1.71. The molecular weight excluding hydrogens is 256 g/mol. The fourth-order valence-corrected chi connectivity index (χ4v) is 2.69. The quantitative estimate of drug-likeness (QED) is 0.830. The Morgan fingerprint density at radius 3 is 3.20 bits per heavy atom. The highest BCUT2D eigenvalue weighted by atomic mass is 16.5. The number of nitrogens with zero attached hydrogens (tertiary/aromatic N) is 3. The monoisotopic (exact) mass is 280 g/mol. The van der Waals surface area contributed by atoms with Crippen LogP contribution in [-0.2, 0) is 22.6 Å². The first kappa shape index (κ1) is 15.0. The number of rotatable bonds is 6. The molecule has 2 rings (SSSR count). The fourth-order valence-electron chi connectivity index (χ4n) is 2.69. The van der Waals surface area contributed by atoms with Gasteiger partial charge in [-0.05, 0) is 19.4 Å². The molecule has 2 heterocycles. The molecule has 0 aliphatic carbocycles. The van der Waals surface area contributed by atoms with Gasteiger partial charge in [0.15, 0.2) is 0 Å². The predicted octanol–water partition coefficient (Wildman–Crippen LogP) is 0.630. The molecule has 6 nitrogen and oxygen atoms in total. The zero-order valence-corrected chi connectivity index (χ0v) is 12.3. The van der Waals surface area contributed by atoms with Gasteiger partial charge in [0.2, 0.25) is 5.91 Å². The Morgan fingerprint density at radius 1 is 1.60 bits per heavy atom. The zero-order valence-electron chi connectivity index (χ0n) is 12.3. The number of aromatic nitrogens is 2. The lowest BCUT2D eigenvalue weighted by atomic mass is 10.1. The van der Waals surface area contributed by atoms with E-state index in [0.29, 0.717) is 6.61 Å². The largest absolute Gasteiger partial charge is 0.383 e. The molecule has 0 spiro atoms. The average Bonchev–Trinajstić information content (AvgIpc) is 2.83. The molecule has 1 amide bonds. The normalized spacial score (nSPS) is 20.0. The van der Waals surface area contributed by atoms with E-state index in [-0.39, 0.29) is 11.9 Å². The van der Waals surface area contributed by atoms with Crippen molar-refractivity contribution in [3.8, 4) is 0 Å². The van der Waals surface area contributed by atoms with E-state index in [1.165, 1.54) is 0 Å². The van der Waals surface area contributed by atoms with Crippen molar-refractivity contribution in [2.75, 3.05) is 26.8 Å².